The summed E-state index contributed by atoms with van der Waals surface area (Å²) < 4.78 is 24.2. The number of halogens is 2. The summed E-state index contributed by atoms with van der Waals surface area (Å²) in [4.78, 5) is 0. The molecule has 1 aromatic carbocycles. The van der Waals surface area contributed by atoms with Gasteiger partial charge in [-0.05, 0) is 31.9 Å². The fourth-order valence-electron chi connectivity index (χ4n) is 1.36. The van der Waals surface area contributed by atoms with E-state index >= 15 is 0 Å². The molecule has 0 aliphatic rings. The van der Waals surface area contributed by atoms with E-state index in [-0.39, 0.29) is 0 Å². The summed E-state index contributed by atoms with van der Waals surface area (Å²) in [6.45, 7) is 2.15. The maximum atomic E-state index is 12.1. The predicted molar refractivity (Wildman–Crippen MR) is 58.2 cm³/mol. The molecule has 0 bridgehead atoms. The van der Waals surface area contributed by atoms with Crippen LogP contribution in [0.1, 0.15) is 18.9 Å². The molecule has 0 aromatic heterocycles. The van der Waals surface area contributed by atoms with Crippen LogP contribution in [-0.4, -0.2) is 19.0 Å². The Hall–Kier alpha value is -0.960. The van der Waals surface area contributed by atoms with Crippen LogP contribution >= 0.6 is 0 Å². The second-order valence-corrected chi connectivity index (χ2v) is 3.67. The standard InChI is InChI=1S/C12H17F2N/c1-10(12(13)14)15-9-5-8-11-6-3-2-4-7-11/h2-4,6-7,10,12,15H,5,8-9H2,1H3. The Bertz CT molecular complexity index is 262. The van der Waals surface area contributed by atoms with Gasteiger partial charge in [0.25, 0.3) is 6.43 Å². The molecule has 0 saturated heterocycles. The smallest absolute Gasteiger partial charge is 0.253 e. The highest BCUT2D eigenvalue weighted by atomic mass is 19.3. The highest BCUT2D eigenvalue weighted by Crippen LogP contribution is 2.03. The van der Waals surface area contributed by atoms with Crippen LogP contribution in [0.2, 0.25) is 0 Å². The van der Waals surface area contributed by atoms with E-state index in [1.165, 1.54) is 12.5 Å². The van der Waals surface area contributed by atoms with E-state index < -0.39 is 12.5 Å². The van der Waals surface area contributed by atoms with Crippen LogP contribution in [0.15, 0.2) is 30.3 Å². The first-order valence-electron chi connectivity index (χ1n) is 5.25. The minimum atomic E-state index is -2.28. The Morgan fingerprint density at radius 1 is 1.20 bits per heavy atom. The lowest BCUT2D eigenvalue weighted by molar-refractivity contribution is 0.106. The molecule has 1 unspecified atom stereocenters. The predicted octanol–water partition coefficient (Wildman–Crippen LogP) is 2.86. The lowest BCUT2D eigenvalue weighted by Gasteiger charge is -2.12. The zero-order valence-electron chi connectivity index (χ0n) is 8.92. The van der Waals surface area contributed by atoms with E-state index in [9.17, 15) is 8.78 Å². The van der Waals surface area contributed by atoms with Gasteiger partial charge in [0.1, 0.15) is 0 Å². The molecule has 0 saturated carbocycles. The van der Waals surface area contributed by atoms with Gasteiger partial charge in [0.15, 0.2) is 0 Å². The van der Waals surface area contributed by atoms with E-state index in [4.69, 9.17) is 0 Å². The molecule has 0 aliphatic heterocycles. The number of hydrogen-bond donors (Lipinski definition) is 1. The van der Waals surface area contributed by atoms with Crippen LogP contribution in [0.25, 0.3) is 0 Å². The summed E-state index contributed by atoms with van der Waals surface area (Å²) in [5.74, 6) is 0. The van der Waals surface area contributed by atoms with E-state index in [0.29, 0.717) is 6.54 Å². The zero-order valence-corrected chi connectivity index (χ0v) is 8.92. The molecular formula is C12H17F2N. The van der Waals surface area contributed by atoms with Crippen LogP contribution in [0.5, 0.6) is 0 Å². The number of aryl methyl sites for hydroxylation is 1. The first-order chi connectivity index (χ1) is 7.20. The normalized spacial score (nSPS) is 13.1. The molecule has 0 spiro atoms. The zero-order chi connectivity index (χ0) is 11.1. The first-order valence-corrected chi connectivity index (χ1v) is 5.25. The second kappa shape index (κ2) is 6.51. The first kappa shape index (κ1) is 12.1. The van der Waals surface area contributed by atoms with Crippen molar-refractivity contribution in [1.29, 1.82) is 0 Å². The van der Waals surface area contributed by atoms with E-state index in [1.807, 2.05) is 18.2 Å². The Morgan fingerprint density at radius 3 is 2.47 bits per heavy atom. The Kier molecular flexibility index (Phi) is 5.26. The average molecular weight is 213 g/mol. The van der Waals surface area contributed by atoms with E-state index in [0.717, 1.165) is 12.8 Å². The molecule has 3 heteroatoms. The lowest BCUT2D eigenvalue weighted by Crippen LogP contribution is -2.33. The summed E-state index contributed by atoms with van der Waals surface area (Å²) in [5, 5.41) is 2.80. The summed E-state index contributed by atoms with van der Waals surface area (Å²) in [6, 6.07) is 9.35. The molecule has 1 aromatic rings. The molecule has 84 valence electrons. The fourth-order valence-corrected chi connectivity index (χ4v) is 1.36. The maximum absolute atomic E-state index is 12.1. The van der Waals surface area contributed by atoms with Gasteiger partial charge in [-0.3, -0.25) is 0 Å². The van der Waals surface area contributed by atoms with Gasteiger partial charge in [-0.25, -0.2) is 8.78 Å². The summed E-state index contributed by atoms with van der Waals surface area (Å²) in [7, 11) is 0. The number of hydrogen-bond acceptors (Lipinski definition) is 1. The van der Waals surface area contributed by atoms with Crippen LogP contribution in [0.4, 0.5) is 8.78 Å². The molecule has 1 N–H and O–H groups in total. The van der Waals surface area contributed by atoms with Crippen molar-refractivity contribution < 1.29 is 8.78 Å². The van der Waals surface area contributed by atoms with Crippen molar-refractivity contribution in [2.24, 2.45) is 0 Å². The summed E-state index contributed by atoms with van der Waals surface area (Å²) >= 11 is 0. The van der Waals surface area contributed by atoms with Crippen molar-refractivity contribution in [3.05, 3.63) is 35.9 Å². The highest BCUT2D eigenvalue weighted by molar-refractivity contribution is 5.14. The molecule has 0 fully saturated rings. The third-order valence-corrected chi connectivity index (χ3v) is 2.33. The highest BCUT2D eigenvalue weighted by Gasteiger charge is 2.12. The van der Waals surface area contributed by atoms with Gasteiger partial charge in [0, 0.05) is 0 Å². The minimum Gasteiger partial charge on any atom is -0.309 e. The third-order valence-electron chi connectivity index (χ3n) is 2.33. The van der Waals surface area contributed by atoms with Crippen molar-refractivity contribution in [2.75, 3.05) is 6.54 Å². The quantitative estimate of drug-likeness (QED) is 0.716. The third kappa shape index (κ3) is 4.88. The van der Waals surface area contributed by atoms with Crippen LogP contribution in [0.3, 0.4) is 0 Å². The molecule has 0 radical (unpaired) electrons. The molecule has 1 atom stereocenters. The van der Waals surface area contributed by atoms with Crippen LogP contribution < -0.4 is 5.32 Å². The van der Waals surface area contributed by atoms with Crippen molar-refractivity contribution >= 4 is 0 Å². The average Bonchev–Trinajstić information content (AvgIpc) is 2.25. The number of nitrogens with one attached hydrogen (secondary N) is 1. The molecular weight excluding hydrogens is 196 g/mol. The van der Waals surface area contributed by atoms with Crippen molar-refractivity contribution in [1.82, 2.24) is 5.32 Å². The molecule has 1 nitrogen and oxygen atoms in total. The lowest BCUT2D eigenvalue weighted by atomic mass is 10.1. The number of benzene rings is 1. The molecule has 0 aliphatic carbocycles. The van der Waals surface area contributed by atoms with Gasteiger partial charge in [-0.2, -0.15) is 0 Å². The topological polar surface area (TPSA) is 12.0 Å². The van der Waals surface area contributed by atoms with Crippen LogP contribution in [0, 0.1) is 0 Å². The molecule has 0 amide bonds. The molecule has 1 rings (SSSR count). The SMILES string of the molecule is CC(NCCCc1ccccc1)C(F)F. The Morgan fingerprint density at radius 2 is 1.87 bits per heavy atom. The fraction of sp³-hybridized carbons (Fsp3) is 0.500. The maximum Gasteiger partial charge on any atom is 0.253 e. The monoisotopic (exact) mass is 213 g/mol. The summed E-state index contributed by atoms with van der Waals surface area (Å²) in [5.41, 5.74) is 1.25. The van der Waals surface area contributed by atoms with Gasteiger partial charge < -0.3 is 5.32 Å². The van der Waals surface area contributed by atoms with Crippen molar-refractivity contribution in [3.8, 4) is 0 Å². The second-order valence-electron chi connectivity index (χ2n) is 3.67. The van der Waals surface area contributed by atoms with Crippen molar-refractivity contribution in [3.63, 3.8) is 0 Å². The van der Waals surface area contributed by atoms with E-state index in [1.54, 1.807) is 0 Å². The number of alkyl halides is 2. The molecule has 15 heavy (non-hydrogen) atoms. The largest absolute Gasteiger partial charge is 0.309 e. The van der Waals surface area contributed by atoms with Gasteiger partial charge >= 0.3 is 0 Å². The Balaban J connectivity index is 2.12. The van der Waals surface area contributed by atoms with Gasteiger partial charge in [-0.15, -0.1) is 0 Å². The van der Waals surface area contributed by atoms with Crippen LogP contribution in [-0.2, 0) is 6.42 Å². The van der Waals surface area contributed by atoms with Crippen molar-refractivity contribution in [2.45, 2.75) is 32.2 Å². The Labute approximate surface area is 89.5 Å². The summed E-state index contributed by atoms with van der Waals surface area (Å²) in [6.07, 6.45) is -0.452. The van der Waals surface area contributed by atoms with Gasteiger partial charge in [-0.1, -0.05) is 30.3 Å². The van der Waals surface area contributed by atoms with Gasteiger partial charge in [0.05, 0.1) is 6.04 Å². The van der Waals surface area contributed by atoms with Gasteiger partial charge in [0.2, 0.25) is 0 Å². The minimum absolute atomic E-state index is 0.639. The molecule has 0 heterocycles. The van der Waals surface area contributed by atoms with E-state index in [2.05, 4.69) is 17.4 Å². The number of rotatable bonds is 6.